The van der Waals surface area contributed by atoms with E-state index >= 15 is 0 Å². The molecule has 2 aromatic carbocycles. The van der Waals surface area contributed by atoms with Gasteiger partial charge in [0.15, 0.2) is 0 Å². The van der Waals surface area contributed by atoms with Gasteiger partial charge in [-0.15, -0.1) is 0 Å². The number of carbonyl (C=O) groups is 1. The highest BCUT2D eigenvalue weighted by atomic mass is 32.2. The molecule has 0 atom stereocenters. The fourth-order valence-corrected chi connectivity index (χ4v) is 4.46. The number of ether oxygens (including phenoxy) is 1. The van der Waals surface area contributed by atoms with Crippen LogP contribution in [0, 0.1) is 6.92 Å². The van der Waals surface area contributed by atoms with Crippen LogP contribution < -0.4 is 0 Å². The molecule has 0 saturated carbocycles. The van der Waals surface area contributed by atoms with Crippen LogP contribution in [0.4, 0.5) is 0 Å². The van der Waals surface area contributed by atoms with Gasteiger partial charge >= 0.3 is 5.97 Å². The van der Waals surface area contributed by atoms with E-state index < -0.39 is 16.0 Å². The summed E-state index contributed by atoms with van der Waals surface area (Å²) in [6.45, 7) is 3.81. The lowest BCUT2D eigenvalue weighted by atomic mass is 10.1. The highest BCUT2D eigenvalue weighted by molar-refractivity contribution is 7.90. The minimum absolute atomic E-state index is 0.187. The van der Waals surface area contributed by atoms with Crippen LogP contribution in [-0.2, 0) is 19.6 Å². The number of para-hydroxylation sites is 1. The van der Waals surface area contributed by atoms with E-state index in [1.54, 1.807) is 49.4 Å². The summed E-state index contributed by atoms with van der Waals surface area (Å²) in [6.07, 6.45) is 2.75. The number of aryl methyl sites for hydroxylation is 1. The van der Waals surface area contributed by atoms with Crippen LogP contribution in [0.15, 0.2) is 65.6 Å². The zero-order valence-corrected chi connectivity index (χ0v) is 15.4. The van der Waals surface area contributed by atoms with E-state index in [4.69, 9.17) is 4.74 Å². The molecule has 0 aliphatic heterocycles. The van der Waals surface area contributed by atoms with Crippen molar-refractivity contribution in [3.8, 4) is 0 Å². The summed E-state index contributed by atoms with van der Waals surface area (Å²) in [5.41, 5.74) is 1.78. The third-order valence-electron chi connectivity index (χ3n) is 4.08. The fourth-order valence-electron chi connectivity index (χ4n) is 2.87. The van der Waals surface area contributed by atoms with Crippen molar-refractivity contribution < 1.29 is 17.9 Å². The molecule has 134 valence electrons. The van der Waals surface area contributed by atoms with Gasteiger partial charge in [0.25, 0.3) is 10.0 Å². The number of hydrogen-bond acceptors (Lipinski definition) is 4. The van der Waals surface area contributed by atoms with Crippen molar-refractivity contribution in [3.05, 3.63) is 71.9 Å². The molecular weight excluding hydrogens is 350 g/mol. The Bertz CT molecular complexity index is 1080. The third-order valence-corrected chi connectivity index (χ3v) is 5.82. The second-order valence-electron chi connectivity index (χ2n) is 5.70. The Labute approximate surface area is 152 Å². The molecule has 3 aromatic rings. The molecule has 1 aromatic heterocycles. The first-order chi connectivity index (χ1) is 12.5. The number of nitrogens with zero attached hydrogens (tertiary/aromatic N) is 1. The molecule has 0 radical (unpaired) electrons. The topological polar surface area (TPSA) is 65.4 Å². The Morgan fingerprint density at radius 1 is 1.08 bits per heavy atom. The first-order valence-electron chi connectivity index (χ1n) is 8.22. The van der Waals surface area contributed by atoms with Crippen molar-refractivity contribution in [2.45, 2.75) is 18.7 Å². The quantitative estimate of drug-likeness (QED) is 0.507. The Hall–Kier alpha value is -2.86. The lowest BCUT2D eigenvalue weighted by Gasteiger charge is -2.10. The minimum Gasteiger partial charge on any atom is -0.463 e. The molecular formula is C20H19NO4S. The maximum Gasteiger partial charge on any atom is 0.330 e. The van der Waals surface area contributed by atoms with Crippen LogP contribution in [0.2, 0.25) is 0 Å². The normalized spacial score (nSPS) is 11.9. The molecule has 3 rings (SSSR count). The summed E-state index contributed by atoms with van der Waals surface area (Å²) in [5, 5.41) is 0.815. The number of hydrogen-bond donors (Lipinski definition) is 0. The highest BCUT2D eigenvalue weighted by Gasteiger charge is 2.24. The zero-order chi connectivity index (χ0) is 18.7. The van der Waals surface area contributed by atoms with Crippen molar-refractivity contribution in [1.29, 1.82) is 0 Å². The van der Waals surface area contributed by atoms with Crippen LogP contribution >= 0.6 is 0 Å². The van der Waals surface area contributed by atoms with E-state index in [1.165, 1.54) is 16.1 Å². The Balaban J connectivity index is 2.27. The average molecular weight is 369 g/mol. The number of carbonyl (C=O) groups excluding carboxylic acids is 1. The fraction of sp³-hybridized carbons (Fsp3) is 0.150. The molecule has 0 aliphatic carbocycles. The molecule has 5 nitrogen and oxygen atoms in total. The summed E-state index contributed by atoms with van der Waals surface area (Å²) in [7, 11) is -3.82. The number of benzene rings is 2. The molecule has 0 saturated heterocycles. The molecule has 0 fully saturated rings. The third kappa shape index (κ3) is 3.15. The predicted octanol–water partition coefficient (Wildman–Crippen LogP) is 3.76. The minimum atomic E-state index is -3.82. The number of esters is 1. The average Bonchev–Trinajstić information content (AvgIpc) is 2.94. The van der Waals surface area contributed by atoms with E-state index in [9.17, 15) is 13.2 Å². The maximum atomic E-state index is 13.3. The number of fused-ring (bicyclic) bond motifs is 1. The number of aromatic nitrogens is 1. The summed E-state index contributed by atoms with van der Waals surface area (Å²) in [4.78, 5) is 11.9. The second kappa shape index (κ2) is 7.17. The van der Waals surface area contributed by atoms with E-state index in [0.717, 1.165) is 10.9 Å². The zero-order valence-electron chi connectivity index (χ0n) is 14.5. The van der Waals surface area contributed by atoms with Gasteiger partial charge < -0.3 is 4.74 Å². The Kier molecular flexibility index (Phi) is 4.95. The molecule has 6 heteroatoms. The van der Waals surface area contributed by atoms with Crippen LogP contribution in [0.1, 0.15) is 18.2 Å². The highest BCUT2D eigenvalue weighted by Crippen LogP contribution is 2.30. The van der Waals surface area contributed by atoms with Gasteiger partial charge in [0.2, 0.25) is 0 Å². The van der Waals surface area contributed by atoms with Gasteiger partial charge in [-0.3, -0.25) is 0 Å². The summed E-state index contributed by atoms with van der Waals surface area (Å²) >= 11 is 0. The molecule has 26 heavy (non-hydrogen) atoms. The van der Waals surface area contributed by atoms with E-state index in [0.29, 0.717) is 11.2 Å². The van der Waals surface area contributed by atoms with Crippen LogP contribution in [0.5, 0.6) is 0 Å². The maximum absolute atomic E-state index is 13.3. The van der Waals surface area contributed by atoms with Gasteiger partial charge in [-0.2, -0.15) is 0 Å². The molecule has 0 bridgehead atoms. The van der Waals surface area contributed by atoms with Crippen LogP contribution in [0.3, 0.4) is 0 Å². The summed E-state index contributed by atoms with van der Waals surface area (Å²) in [6, 6.07) is 15.5. The van der Waals surface area contributed by atoms with E-state index in [1.807, 2.05) is 19.1 Å². The molecule has 0 amide bonds. The first kappa shape index (κ1) is 17.9. The van der Waals surface area contributed by atoms with Gasteiger partial charge in [0, 0.05) is 11.5 Å². The van der Waals surface area contributed by atoms with Crippen molar-refractivity contribution in [2.24, 2.45) is 0 Å². The predicted molar refractivity (Wildman–Crippen MR) is 101 cm³/mol. The van der Waals surface area contributed by atoms with Gasteiger partial charge in [0.05, 0.1) is 22.7 Å². The SMILES string of the molecule is CCOC(=O)/C=C/c1c(C)c2ccccc2n1S(=O)(=O)c1ccccc1. The van der Waals surface area contributed by atoms with Gasteiger partial charge in [-0.1, -0.05) is 36.4 Å². The van der Waals surface area contributed by atoms with Crippen LogP contribution in [-0.4, -0.2) is 25.0 Å². The second-order valence-corrected chi connectivity index (χ2v) is 7.48. The molecule has 0 spiro atoms. The lowest BCUT2D eigenvalue weighted by Crippen LogP contribution is -2.14. The lowest BCUT2D eigenvalue weighted by molar-refractivity contribution is -0.137. The van der Waals surface area contributed by atoms with Crippen molar-refractivity contribution in [3.63, 3.8) is 0 Å². The summed E-state index contributed by atoms with van der Waals surface area (Å²) < 4.78 is 32.7. The van der Waals surface area contributed by atoms with Crippen molar-refractivity contribution in [2.75, 3.05) is 6.61 Å². The largest absolute Gasteiger partial charge is 0.463 e. The van der Waals surface area contributed by atoms with Gasteiger partial charge in [0.1, 0.15) is 0 Å². The first-order valence-corrected chi connectivity index (χ1v) is 9.66. The van der Waals surface area contributed by atoms with Crippen molar-refractivity contribution >= 4 is 33.0 Å². The van der Waals surface area contributed by atoms with Gasteiger partial charge in [-0.05, 0) is 43.7 Å². The number of rotatable bonds is 5. The molecule has 1 heterocycles. The molecule has 0 N–H and O–H groups in total. The van der Waals surface area contributed by atoms with E-state index in [2.05, 4.69) is 0 Å². The van der Waals surface area contributed by atoms with Crippen molar-refractivity contribution in [1.82, 2.24) is 3.97 Å². The van der Waals surface area contributed by atoms with Crippen LogP contribution in [0.25, 0.3) is 17.0 Å². The van der Waals surface area contributed by atoms with E-state index in [-0.39, 0.29) is 11.5 Å². The summed E-state index contributed by atoms with van der Waals surface area (Å²) in [5.74, 6) is -0.513. The Morgan fingerprint density at radius 2 is 1.73 bits per heavy atom. The molecule has 0 aliphatic rings. The monoisotopic (exact) mass is 369 g/mol. The van der Waals surface area contributed by atoms with Gasteiger partial charge in [-0.25, -0.2) is 17.2 Å². The molecule has 0 unspecified atom stereocenters. The smallest absolute Gasteiger partial charge is 0.330 e. The standard InChI is InChI=1S/C20H19NO4S/c1-3-25-20(22)14-13-18-15(2)17-11-7-8-12-19(17)21(18)26(23,24)16-9-5-4-6-10-16/h4-14H,3H2,1-2H3/b14-13+. The Morgan fingerprint density at radius 3 is 2.42 bits per heavy atom.